The van der Waals surface area contributed by atoms with Crippen LogP contribution in [0.5, 0.6) is 0 Å². The van der Waals surface area contributed by atoms with Gasteiger partial charge in [0.1, 0.15) is 24.4 Å². The average molecular weight is 457 g/mol. The van der Waals surface area contributed by atoms with Crippen LogP contribution in [0.3, 0.4) is 0 Å². The Balaban J connectivity index is 1.30. The van der Waals surface area contributed by atoms with Gasteiger partial charge in [0, 0.05) is 55.9 Å². The van der Waals surface area contributed by atoms with Crippen LogP contribution < -0.4 is 20.9 Å². The Kier molecular flexibility index (Phi) is 7.53. The van der Waals surface area contributed by atoms with Crippen molar-refractivity contribution in [2.24, 2.45) is 0 Å². The smallest absolute Gasteiger partial charge is 0.238 e. The van der Waals surface area contributed by atoms with E-state index in [1.54, 1.807) is 0 Å². The van der Waals surface area contributed by atoms with E-state index in [2.05, 4.69) is 67.0 Å². The van der Waals surface area contributed by atoms with Gasteiger partial charge < -0.3 is 25.8 Å². The van der Waals surface area contributed by atoms with E-state index >= 15 is 0 Å². The zero-order valence-electron chi connectivity index (χ0n) is 19.2. The largest absolute Gasteiger partial charge is 0.369 e. The van der Waals surface area contributed by atoms with Gasteiger partial charge in [0.05, 0.1) is 6.07 Å². The predicted molar refractivity (Wildman–Crippen MR) is 134 cm³/mol. The summed E-state index contributed by atoms with van der Waals surface area (Å²) in [5.41, 5.74) is 3.90. The van der Waals surface area contributed by atoms with Crippen LogP contribution in [0, 0.1) is 11.3 Å². The van der Waals surface area contributed by atoms with Gasteiger partial charge in [0.25, 0.3) is 0 Å². The maximum Gasteiger partial charge on any atom is 0.238 e. The Bertz CT molecular complexity index is 1130. The number of hydrogen-bond donors (Lipinski definition) is 3. The Hall–Kier alpha value is -4.16. The Morgan fingerprint density at radius 1 is 0.971 bits per heavy atom. The molecular weight excluding hydrogens is 428 g/mol. The topological polar surface area (TPSA) is 109 Å². The summed E-state index contributed by atoms with van der Waals surface area (Å²) in [4.78, 5) is 24.9. The third kappa shape index (κ3) is 6.43. The second-order valence-electron chi connectivity index (χ2n) is 8.18. The number of rotatable bonds is 8. The van der Waals surface area contributed by atoms with Crippen molar-refractivity contribution >= 4 is 34.6 Å². The number of carbonyl (C=O) groups excluding carboxylic acids is 1. The molecule has 3 aromatic rings. The summed E-state index contributed by atoms with van der Waals surface area (Å²) in [6, 6.07) is 19.6. The molecular formula is C25H28N8O. The zero-order chi connectivity index (χ0) is 23.8. The van der Waals surface area contributed by atoms with Gasteiger partial charge >= 0.3 is 0 Å². The van der Waals surface area contributed by atoms with Gasteiger partial charge in [0.15, 0.2) is 0 Å². The van der Waals surface area contributed by atoms with Crippen molar-refractivity contribution in [3.05, 3.63) is 66.5 Å². The number of anilines is 5. The molecule has 1 saturated heterocycles. The van der Waals surface area contributed by atoms with Crippen molar-refractivity contribution in [2.45, 2.75) is 13.0 Å². The highest BCUT2D eigenvalue weighted by Gasteiger charge is 2.14. The lowest BCUT2D eigenvalue weighted by Crippen LogP contribution is -2.44. The number of benzene rings is 2. The average Bonchev–Trinajstić information content (AvgIpc) is 2.85. The van der Waals surface area contributed by atoms with Crippen molar-refractivity contribution < 1.29 is 4.79 Å². The van der Waals surface area contributed by atoms with Gasteiger partial charge in [-0.3, -0.25) is 4.79 Å². The van der Waals surface area contributed by atoms with Gasteiger partial charge in [-0.1, -0.05) is 12.1 Å². The highest BCUT2D eigenvalue weighted by molar-refractivity contribution is 5.92. The normalized spacial score (nSPS) is 13.7. The first-order valence-corrected chi connectivity index (χ1v) is 11.2. The standard InChI is InChI=1S/C25H28N8O/c1-32-12-14-33(15-13-32)22-8-6-20(7-9-22)30-24-16-23(28-18-29-24)27-17-19-2-4-21(5-3-19)31-25(34)10-11-26/h2-9,16,18H,10,12-15,17H2,1H3,(H,31,34)(H2,27,28,29,30). The van der Waals surface area contributed by atoms with Crippen LogP contribution in [0.15, 0.2) is 60.9 Å². The monoisotopic (exact) mass is 456 g/mol. The van der Waals surface area contributed by atoms with Gasteiger partial charge in [-0.05, 0) is 49.0 Å². The van der Waals surface area contributed by atoms with Gasteiger partial charge in [-0.25, -0.2) is 9.97 Å². The zero-order valence-corrected chi connectivity index (χ0v) is 19.2. The van der Waals surface area contributed by atoms with E-state index < -0.39 is 0 Å². The van der Waals surface area contributed by atoms with Crippen molar-refractivity contribution in [3.8, 4) is 6.07 Å². The van der Waals surface area contributed by atoms with Crippen LogP contribution in [-0.2, 0) is 11.3 Å². The summed E-state index contributed by atoms with van der Waals surface area (Å²) in [7, 11) is 2.16. The Labute approximate surface area is 199 Å². The number of amides is 1. The highest BCUT2D eigenvalue weighted by Crippen LogP contribution is 2.22. The number of nitriles is 1. The molecule has 3 N–H and O–H groups in total. The molecule has 0 spiro atoms. The van der Waals surface area contributed by atoms with E-state index in [0.717, 1.165) is 37.4 Å². The van der Waals surface area contributed by atoms with E-state index in [1.165, 1.54) is 12.0 Å². The number of likely N-dealkylation sites (N-methyl/N-ethyl adjacent to an activating group) is 1. The van der Waals surface area contributed by atoms with Crippen LogP contribution in [-0.4, -0.2) is 54.0 Å². The third-order valence-corrected chi connectivity index (χ3v) is 5.63. The summed E-state index contributed by atoms with van der Waals surface area (Å²) in [5, 5.41) is 17.9. The molecule has 4 rings (SSSR count). The maximum absolute atomic E-state index is 11.5. The van der Waals surface area contributed by atoms with E-state index in [0.29, 0.717) is 23.9 Å². The molecule has 0 aliphatic carbocycles. The first-order valence-electron chi connectivity index (χ1n) is 11.2. The fraction of sp³-hybridized carbons (Fsp3) is 0.280. The second kappa shape index (κ2) is 11.1. The molecule has 0 unspecified atom stereocenters. The summed E-state index contributed by atoms with van der Waals surface area (Å²) in [6.45, 7) is 4.83. The lowest BCUT2D eigenvalue weighted by molar-refractivity contribution is -0.115. The lowest BCUT2D eigenvalue weighted by atomic mass is 10.2. The van der Waals surface area contributed by atoms with E-state index in [4.69, 9.17) is 5.26 Å². The molecule has 1 aliphatic rings. The van der Waals surface area contributed by atoms with Gasteiger partial charge in [-0.15, -0.1) is 0 Å². The molecule has 174 valence electrons. The molecule has 9 nitrogen and oxygen atoms in total. The minimum absolute atomic E-state index is 0.159. The van der Waals surface area contributed by atoms with Gasteiger partial charge in [0.2, 0.25) is 5.91 Å². The molecule has 9 heteroatoms. The van der Waals surface area contributed by atoms with Crippen molar-refractivity contribution in [1.29, 1.82) is 5.26 Å². The number of hydrogen-bond acceptors (Lipinski definition) is 8. The fourth-order valence-corrected chi connectivity index (χ4v) is 3.67. The van der Waals surface area contributed by atoms with Crippen LogP contribution >= 0.6 is 0 Å². The van der Waals surface area contributed by atoms with Crippen molar-refractivity contribution in [3.63, 3.8) is 0 Å². The van der Waals surface area contributed by atoms with Crippen LogP contribution in [0.4, 0.5) is 28.7 Å². The SMILES string of the molecule is CN1CCN(c2ccc(Nc3cc(NCc4ccc(NC(=O)CC#N)cc4)ncn3)cc2)CC1. The molecule has 1 aliphatic heterocycles. The van der Waals surface area contributed by atoms with Crippen LogP contribution in [0.1, 0.15) is 12.0 Å². The molecule has 0 saturated carbocycles. The first kappa shape index (κ1) is 23.0. The quantitative estimate of drug-likeness (QED) is 0.473. The van der Waals surface area contributed by atoms with E-state index in [-0.39, 0.29) is 12.3 Å². The summed E-state index contributed by atoms with van der Waals surface area (Å²) in [5.74, 6) is 1.10. The fourth-order valence-electron chi connectivity index (χ4n) is 3.67. The minimum Gasteiger partial charge on any atom is -0.369 e. The van der Waals surface area contributed by atoms with E-state index in [1.807, 2.05) is 36.4 Å². The number of piperazine rings is 1. The number of aromatic nitrogens is 2. The molecule has 34 heavy (non-hydrogen) atoms. The highest BCUT2D eigenvalue weighted by atomic mass is 16.1. The summed E-state index contributed by atoms with van der Waals surface area (Å²) < 4.78 is 0. The molecule has 0 radical (unpaired) electrons. The number of nitrogens with one attached hydrogen (secondary N) is 3. The number of nitrogens with zero attached hydrogens (tertiary/aromatic N) is 5. The lowest BCUT2D eigenvalue weighted by Gasteiger charge is -2.34. The van der Waals surface area contributed by atoms with Crippen LogP contribution in [0.2, 0.25) is 0 Å². The minimum atomic E-state index is -0.316. The van der Waals surface area contributed by atoms with Gasteiger partial charge in [-0.2, -0.15) is 5.26 Å². The maximum atomic E-state index is 11.5. The predicted octanol–water partition coefficient (Wildman–Crippen LogP) is 3.44. The molecule has 2 heterocycles. The van der Waals surface area contributed by atoms with Crippen LogP contribution in [0.25, 0.3) is 0 Å². The third-order valence-electron chi connectivity index (χ3n) is 5.63. The summed E-state index contributed by atoms with van der Waals surface area (Å²) in [6.07, 6.45) is 1.37. The van der Waals surface area contributed by atoms with Crippen molar-refractivity contribution in [1.82, 2.24) is 14.9 Å². The first-order chi connectivity index (χ1) is 16.6. The molecule has 1 fully saturated rings. The number of carbonyl (C=O) groups is 1. The molecule has 0 atom stereocenters. The Morgan fingerprint density at radius 3 is 2.35 bits per heavy atom. The van der Waals surface area contributed by atoms with E-state index in [9.17, 15) is 4.79 Å². The summed E-state index contributed by atoms with van der Waals surface area (Å²) >= 11 is 0. The Morgan fingerprint density at radius 2 is 1.65 bits per heavy atom. The molecule has 1 amide bonds. The molecule has 0 bridgehead atoms. The molecule has 1 aromatic heterocycles. The molecule has 2 aromatic carbocycles. The second-order valence-corrected chi connectivity index (χ2v) is 8.18. The van der Waals surface area contributed by atoms with Crippen molar-refractivity contribution in [2.75, 3.05) is 54.1 Å².